The van der Waals surface area contributed by atoms with Crippen molar-refractivity contribution in [3.8, 4) is 28.8 Å². The highest BCUT2D eigenvalue weighted by molar-refractivity contribution is 6.34. The van der Waals surface area contributed by atoms with E-state index < -0.39 is 17.8 Å². The highest BCUT2D eigenvalue weighted by Gasteiger charge is 2.36. The normalized spacial score (nSPS) is 16.9. The lowest BCUT2D eigenvalue weighted by molar-refractivity contribution is -0.137. The standard InChI is InChI=1S/C43H47ClF3N7O6/c1-57-21-16-29-8-9-30(48-29)26-60-41-49-37-23-33(36(44)22-34(37)40(51-41)52-17-19-53(20-18-52)42(55)56)39-35(43(45,46)47)14-15-38(50-39)54(24-27-4-10-31(58-2)11-5-27)25-28-6-12-32(59-3)13-7-28/h4-7,10-15,22-23,29-30,48H,8-9,16-21,24-26H2,1-3H3,(H,55,56). The lowest BCUT2D eigenvalue weighted by Crippen LogP contribution is -2.48. The van der Waals surface area contributed by atoms with Gasteiger partial charge in [-0.05, 0) is 78.9 Å². The van der Waals surface area contributed by atoms with Crippen LogP contribution in [-0.2, 0) is 24.0 Å². The number of anilines is 2. The van der Waals surface area contributed by atoms with Crippen LogP contribution < -0.4 is 29.3 Å². The predicted octanol–water partition coefficient (Wildman–Crippen LogP) is 7.92. The summed E-state index contributed by atoms with van der Waals surface area (Å²) < 4.78 is 66.9. The summed E-state index contributed by atoms with van der Waals surface area (Å²) in [5.41, 5.74) is 0.757. The SMILES string of the molecule is COCCC1CCC(COc2nc(N3CCN(C(=O)O)CC3)c3cc(Cl)c(-c4nc(N(Cc5ccc(OC)cc5)Cc5ccc(OC)cc5)ccc4C(F)(F)F)cc3n2)N1. The molecule has 17 heteroatoms. The van der Waals surface area contributed by atoms with Crippen molar-refractivity contribution in [2.24, 2.45) is 0 Å². The van der Waals surface area contributed by atoms with E-state index in [0.29, 0.717) is 61.0 Å². The Bertz CT molecular complexity index is 2210. The number of piperazine rings is 1. The van der Waals surface area contributed by atoms with Crippen molar-refractivity contribution in [3.63, 3.8) is 0 Å². The molecule has 0 bridgehead atoms. The Balaban J connectivity index is 1.29. The lowest BCUT2D eigenvalue weighted by Gasteiger charge is -2.34. The highest BCUT2D eigenvalue weighted by Crippen LogP contribution is 2.42. The second kappa shape index (κ2) is 18.8. The van der Waals surface area contributed by atoms with E-state index in [0.717, 1.165) is 36.5 Å². The summed E-state index contributed by atoms with van der Waals surface area (Å²) in [6.45, 7) is 2.63. The average molecular weight is 850 g/mol. The van der Waals surface area contributed by atoms with Crippen LogP contribution in [0.15, 0.2) is 72.8 Å². The fourth-order valence-electron chi connectivity index (χ4n) is 7.59. The summed E-state index contributed by atoms with van der Waals surface area (Å²) >= 11 is 6.97. The van der Waals surface area contributed by atoms with Gasteiger partial charge in [-0.25, -0.2) is 9.78 Å². The van der Waals surface area contributed by atoms with E-state index in [-0.39, 0.29) is 59.9 Å². The van der Waals surface area contributed by atoms with E-state index in [1.54, 1.807) is 27.4 Å². The first-order valence-electron chi connectivity index (χ1n) is 19.6. The molecule has 2 unspecified atom stereocenters. The number of rotatable bonds is 15. The Morgan fingerprint density at radius 2 is 1.50 bits per heavy atom. The molecule has 2 aliphatic heterocycles. The quantitative estimate of drug-likeness (QED) is 0.106. The van der Waals surface area contributed by atoms with Crippen molar-refractivity contribution < 1.29 is 42.0 Å². The lowest BCUT2D eigenvalue weighted by atomic mass is 10.0. The van der Waals surface area contributed by atoms with Gasteiger partial charge in [-0.2, -0.15) is 23.1 Å². The van der Waals surface area contributed by atoms with E-state index in [9.17, 15) is 23.1 Å². The molecule has 3 aromatic carbocycles. The number of amides is 1. The maximum absolute atomic E-state index is 14.9. The van der Waals surface area contributed by atoms with Crippen LogP contribution in [0.2, 0.25) is 5.02 Å². The molecule has 5 aromatic rings. The highest BCUT2D eigenvalue weighted by atomic mass is 35.5. The molecule has 7 rings (SSSR count). The van der Waals surface area contributed by atoms with Crippen LogP contribution in [0.4, 0.5) is 29.6 Å². The van der Waals surface area contributed by atoms with E-state index >= 15 is 0 Å². The molecule has 13 nitrogen and oxygen atoms in total. The Morgan fingerprint density at radius 3 is 2.08 bits per heavy atom. The van der Waals surface area contributed by atoms with Gasteiger partial charge in [0.2, 0.25) is 0 Å². The zero-order valence-corrected chi connectivity index (χ0v) is 34.3. The molecule has 4 heterocycles. The molecule has 0 spiro atoms. The van der Waals surface area contributed by atoms with Crippen LogP contribution in [0, 0.1) is 0 Å². The largest absolute Gasteiger partial charge is 0.497 e. The smallest absolute Gasteiger partial charge is 0.418 e. The maximum Gasteiger partial charge on any atom is 0.418 e. The topological polar surface area (TPSA) is 135 Å². The van der Waals surface area contributed by atoms with Crippen molar-refractivity contribution in [2.45, 2.75) is 50.6 Å². The number of nitrogens with zero attached hydrogens (tertiary/aromatic N) is 6. The fraction of sp³-hybridized carbons (Fsp3) is 0.395. The number of methoxy groups -OCH3 is 3. The number of alkyl halides is 3. The number of carbonyl (C=O) groups is 1. The van der Waals surface area contributed by atoms with Gasteiger partial charge in [0.15, 0.2) is 0 Å². The first kappa shape index (κ1) is 42.5. The van der Waals surface area contributed by atoms with Crippen LogP contribution in [-0.4, -0.2) is 104 Å². The molecule has 1 amide bonds. The second-order valence-corrected chi connectivity index (χ2v) is 15.2. The number of aromatic nitrogens is 3. The molecule has 2 N–H and O–H groups in total. The van der Waals surface area contributed by atoms with E-state index in [1.807, 2.05) is 58.3 Å². The Kier molecular flexibility index (Phi) is 13.3. The molecule has 0 radical (unpaired) electrons. The predicted molar refractivity (Wildman–Crippen MR) is 222 cm³/mol. The third kappa shape index (κ3) is 10.1. The number of hydrogen-bond acceptors (Lipinski definition) is 11. The molecule has 2 aliphatic rings. The second-order valence-electron chi connectivity index (χ2n) is 14.8. The minimum atomic E-state index is -4.78. The molecule has 2 atom stereocenters. The zero-order chi connectivity index (χ0) is 42.4. The minimum Gasteiger partial charge on any atom is -0.497 e. The van der Waals surface area contributed by atoms with Crippen molar-refractivity contribution in [1.29, 1.82) is 0 Å². The van der Waals surface area contributed by atoms with Crippen molar-refractivity contribution in [2.75, 3.05) is 70.5 Å². The van der Waals surface area contributed by atoms with E-state index in [2.05, 4.69) is 5.32 Å². The van der Waals surface area contributed by atoms with Crippen LogP contribution in [0.3, 0.4) is 0 Å². The number of halogens is 4. The first-order valence-corrected chi connectivity index (χ1v) is 20.0. The monoisotopic (exact) mass is 849 g/mol. The van der Waals surface area contributed by atoms with Crippen LogP contribution in [0.5, 0.6) is 17.5 Å². The van der Waals surface area contributed by atoms with E-state index in [1.165, 1.54) is 17.0 Å². The number of hydrogen-bond donors (Lipinski definition) is 2. The summed E-state index contributed by atoms with van der Waals surface area (Å²) in [5, 5.41) is 13.6. The Morgan fingerprint density at radius 1 is 0.867 bits per heavy atom. The number of benzene rings is 3. The molecule has 0 saturated carbocycles. The van der Waals surface area contributed by atoms with Gasteiger partial charge >= 0.3 is 18.3 Å². The third-order valence-electron chi connectivity index (χ3n) is 10.8. The van der Waals surface area contributed by atoms with Gasteiger partial charge < -0.3 is 44.1 Å². The summed E-state index contributed by atoms with van der Waals surface area (Å²) in [6.07, 6.45) is -3.09. The van der Waals surface area contributed by atoms with Gasteiger partial charge in [0.1, 0.15) is 29.7 Å². The number of ether oxygens (including phenoxy) is 4. The fourth-order valence-corrected chi connectivity index (χ4v) is 7.84. The Hall–Kier alpha value is -5.58. The summed E-state index contributed by atoms with van der Waals surface area (Å²) in [7, 11) is 4.82. The van der Waals surface area contributed by atoms with Crippen molar-refractivity contribution >= 4 is 40.2 Å². The number of fused-ring (bicyclic) bond motifs is 1. The third-order valence-corrected chi connectivity index (χ3v) is 11.2. The molecule has 0 aliphatic carbocycles. The van der Waals surface area contributed by atoms with Gasteiger partial charge in [-0.15, -0.1) is 0 Å². The molecule has 2 aromatic heterocycles. The number of carboxylic acid groups (broad SMARTS) is 1. The molecular formula is C43H47ClF3N7O6. The van der Waals surface area contributed by atoms with Gasteiger partial charge in [0.25, 0.3) is 0 Å². The molecular weight excluding hydrogens is 803 g/mol. The van der Waals surface area contributed by atoms with E-state index in [4.69, 9.17) is 45.5 Å². The first-order chi connectivity index (χ1) is 28.9. The van der Waals surface area contributed by atoms with Gasteiger partial charge in [0, 0.05) is 76.0 Å². The van der Waals surface area contributed by atoms with Crippen molar-refractivity contribution in [1.82, 2.24) is 25.2 Å². The number of nitrogens with one attached hydrogen (secondary N) is 1. The van der Waals surface area contributed by atoms with Gasteiger partial charge in [-0.1, -0.05) is 35.9 Å². The zero-order valence-electron chi connectivity index (χ0n) is 33.5. The summed E-state index contributed by atoms with van der Waals surface area (Å²) in [5.74, 6) is 2.07. The van der Waals surface area contributed by atoms with Crippen LogP contribution in [0.1, 0.15) is 36.0 Å². The molecule has 318 valence electrons. The van der Waals surface area contributed by atoms with Gasteiger partial charge in [0.05, 0.1) is 36.0 Å². The maximum atomic E-state index is 14.9. The summed E-state index contributed by atoms with van der Waals surface area (Å²) in [6, 6.07) is 20.7. The van der Waals surface area contributed by atoms with Crippen LogP contribution >= 0.6 is 11.6 Å². The molecule has 2 fully saturated rings. The Labute approximate surface area is 351 Å². The molecule has 60 heavy (non-hydrogen) atoms. The van der Waals surface area contributed by atoms with Crippen molar-refractivity contribution in [3.05, 3.63) is 94.5 Å². The molecule has 2 saturated heterocycles. The minimum absolute atomic E-state index is 0.00875. The average Bonchev–Trinajstić information content (AvgIpc) is 3.72. The van der Waals surface area contributed by atoms with Crippen LogP contribution in [0.25, 0.3) is 22.2 Å². The van der Waals surface area contributed by atoms with Gasteiger partial charge in [-0.3, -0.25) is 0 Å². The number of pyridine rings is 1. The summed E-state index contributed by atoms with van der Waals surface area (Å²) in [4.78, 5) is 31.0.